The molecule has 0 aliphatic heterocycles. The first-order chi connectivity index (χ1) is 15.0. The number of hydrogen-bond acceptors (Lipinski definition) is 6. The molecule has 31 heavy (non-hydrogen) atoms. The molecule has 4 rings (SSSR count). The molecule has 0 atom stereocenters. The SMILES string of the molecule is CC(C)NC(=O)CCc1cccc(Nc2ncc(Br)c(Nc3cc(C4CC4)n[nH]3)n2)c1. The lowest BCUT2D eigenvalue weighted by Crippen LogP contribution is -2.30. The van der Waals surface area contributed by atoms with E-state index in [1.807, 2.05) is 44.2 Å². The molecular weight excluding hydrogens is 458 g/mol. The number of carbonyl (C=O) groups is 1. The zero-order valence-corrected chi connectivity index (χ0v) is 19.2. The average Bonchev–Trinajstić information content (AvgIpc) is 3.48. The van der Waals surface area contributed by atoms with Crippen molar-refractivity contribution < 1.29 is 4.79 Å². The molecule has 1 fully saturated rings. The number of anilines is 4. The number of H-pyrrole nitrogens is 1. The molecule has 162 valence electrons. The van der Waals surface area contributed by atoms with Gasteiger partial charge in [0.15, 0.2) is 5.82 Å². The van der Waals surface area contributed by atoms with Crippen molar-refractivity contribution in [2.45, 2.75) is 51.5 Å². The first kappa shape index (κ1) is 21.3. The Morgan fingerprint density at radius 2 is 2.10 bits per heavy atom. The van der Waals surface area contributed by atoms with Gasteiger partial charge in [0.1, 0.15) is 5.82 Å². The summed E-state index contributed by atoms with van der Waals surface area (Å²) in [7, 11) is 0. The topological polar surface area (TPSA) is 108 Å². The Morgan fingerprint density at radius 1 is 1.26 bits per heavy atom. The number of aromatic nitrogens is 4. The van der Waals surface area contributed by atoms with E-state index in [1.165, 1.54) is 12.8 Å². The number of carbonyl (C=O) groups excluding carboxylic acids is 1. The zero-order valence-electron chi connectivity index (χ0n) is 17.6. The van der Waals surface area contributed by atoms with E-state index in [2.05, 4.69) is 52.0 Å². The van der Waals surface area contributed by atoms with Crippen LogP contribution in [-0.4, -0.2) is 32.1 Å². The molecule has 1 amide bonds. The Labute approximate surface area is 189 Å². The third-order valence-electron chi connectivity index (χ3n) is 4.86. The lowest BCUT2D eigenvalue weighted by atomic mass is 10.1. The highest BCUT2D eigenvalue weighted by Crippen LogP contribution is 2.39. The summed E-state index contributed by atoms with van der Waals surface area (Å²) in [5, 5.41) is 16.8. The maximum atomic E-state index is 11.9. The third-order valence-corrected chi connectivity index (χ3v) is 5.44. The fourth-order valence-electron chi connectivity index (χ4n) is 3.22. The molecule has 1 aliphatic rings. The Morgan fingerprint density at radius 3 is 2.87 bits per heavy atom. The van der Waals surface area contributed by atoms with Crippen LogP contribution in [0.3, 0.4) is 0 Å². The minimum absolute atomic E-state index is 0.0592. The average molecular weight is 484 g/mol. The highest BCUT2D eigenvalue weighted by atomic mass is 79.9. The maximum absolute atomic E-state index is 11.9. The van der Waals surface area contributed by atoms with Gasteiger partial charge in [0.05, 0.1) is 10.2 Å². The molecule has 2 heterocycles. The van der Waals surface area contributed by atoms with Gasteiger partial charge in [0, 0.05) is 36.3 Å². The molecule has 8 nitrogen and oxygen atoms in total. The molecule has 0 unspecified atom stereocenters. The monoisotopic (exact) mass is 483 g/mol. The van der Waals surface area contributed by atoms with Crippen molar-refractivity contribution in [3.8, 4) is 0 Å². The summed E-state index contributed by atoms with van der Waals surface area (Å²) < 4.78 is 0.755. The second kappa shape index (κ2) is 9.47. The van der Waals surface area contributed by atoms with Crippen LogP contribution in [0.25, 0.3) is 0 Å². The van der Waals surface area contributed by atoms with Crippen LogP contribution in [0, 0.1) is 0 Å². The Bertz CT molecular complexity index is 1060. The standard InChI is InChI=1S/C22H26BrN7O/c1-13(2)25-20(31)9-6-14-4-3-5-16(10-14)26-22-24-12-17(23)21(28-22)27-19-11-18(29-30-19)15-7-8-15/h3-5,10-13,15H,6-9H2,1-2H3,(H,25,31)(H3,24,26,27,28,29,30). The van der Waals surface area contributed by atoms with Gasteiger partial charge in [-0.2, -0.15) is 10.1 Å². The predicted molar refractivity (Wildman–Crippen MR) is 125 cm³/mol. The predicted octanol–water partition coefficient (Wildman–Crippen LogP) is 4.78. The summed E-state index contributed by atoms with van der Waals surface area (Å²) in [5.41, 5.74) is 3.03. The van der Waals surface area contributed by atoms with E-state index < -0.39 is 0 Å². The second-order valence-corrected chi connectivity index (χ2v) is 8.90. The zero-order chi connectivity index (χ0) is 21.8. The number of aryl methyl sites for hydroxylation is 1. The van der Waals surface area contributed by atoms with E-state index in [-0.39, 0.29) is 11.9 Å². The normalized spacial score (nSPS) is 13.3. The number of nitrogens with zero attached hydrogens (tertiary/aromatic N) is 3. The van der Waals surface area contributed by atoms with Gasteiger partial charge in [-0.15, -0.1) is 0 Å². The molecule has 0 spiro atoms. The summed E-state index contributed by atoms with van der Waals surface area (Å²) in [6.07, 6.45) is 5.24. The van der Waals surface area contributed by atoms with Gasteiger partial charge in [-0.05, 0) is 66.7 Å². The number of halogens is 1. The Hall–Kier alpha value is -2.94. The van der Waals surface area contributed by atoms with Gasteiger partial charge >= 0.3 is 0 Å². The molecule has 2 aromatic heterocycles. The van der Waals surface area contributed by atoms with Crippen LogP contribution < -0.4 is 16.0 Å². The van der Waals surface area contributed by atoms with Crippen molar-refractivity contribution in [2.75, 3.05) is 10.6 Å². The van der Waals surface area contributed by atoms with Gasteiger partial charge in [0.2, 0.25) is 11.9 Å². The number of amides is 1. The minimum Gasteiger partial charge on any atom is -0.354 e. The minimum atomic E-state index is 0.0592. The van der Waals surface area contributed by atoms with Crippen LogP contribution in [0.5, 0.6) is 0 Å². The van der Waals surface area contributed by atoms with Crippen molar-refractivity contribution in [1.82, 2.24) is 25.5 Å². The number of nitrogens with one attached hydrogen (secondary N) is 4. The molecule has 1 saturated carbocycles. The molecule has 0 radical (unpaired) electrons. The highest BCUT2D eigenvalue weighted by molar-refractivity contribution is 9.10. The van der Waals surface area contributed by atoms with Gasteiger partial charge in [-0.3, -0.25) is 9.89 Å². The molecule has 4 N–H and O–H groups in total. The van der Waals surface area contributed by atoms with Crippen LogP contribution in [0.4, 0.5) is 23.3 Å². The molecule has 1 aromatic carbocycles. The van der Waals surface area contributed by atoms with E-state index in [1.54, 1.807) is 6.20 Å². The molecule has 0 bridgehead atoms. The first-order valence-electron chi connectivity index (χ1n) is 10.5. The van der Waals surface area contributed by atoms with E-state index in [9.17, 15) is 4.79 Å². The fraction of sp³-hybridized carbons (Fsp3) is 0.364. The Balaban J connectivity index is 1.40. The summed E-state index contributed by atoms with van der Waals surface area (Å²) in [6.45, 7) is 3.92. The molecular formula is C22H26BrN7O. The van der Waals surface area contributed by atoms with E-state index >= 15 is 0 Å². The van der Waals surface area contributed by atoms with E-state index in [0.717, 1.165) is 27.2 Å². The second-order valence-electron chi connectivity index (χ2n) is 8.04. The van der Waals surface area contributed by atoms with Crippen molar-refractivity contribution >= 4 is 45.1 Å². The quantitative estimate of drug-likeness (QED) is 0.348. The van der Waals surface area contributed by atoms with Crippen LogP contribution >= 0.6 is 15.9 Å². The van der Waals surface area contributed by atoms with Crippen LogP contribution in [0.15, 0.2) is 41.0 Å². The number of aromatic amines is 1. The lowest BCUT2D eigenvalue weighted by Gasteiger charge is -2.11. The summed E-state index contributed by atoms with van der Waals surface area (Å²) >= 11 is 3.50. The Kier molecular flexibility index (Phi) is 6.50. The molecule has 0 saturated heterocycles. The van der Waals surface area contributed by atoms with Crippen molar-refractivity contribution in [3.63, 3.8) is 0 Å². The number of hydrogen-bond donors (Lipinski definition) is 4. The van der Waals surface area contributed by atoms with Gasteiger partial charge in [-0.1, -0.05) is 12.1 Å². The van der Waals surface area contributed by atoms with E-state index in [0.29, 0.717) is 30.5 Å². The van der Waals surface area contributed by atoms with E-state index in [4.69, 9.17) is 0 Å². The summed E-state index contributed by atoms with van der Waals surface area (Å²) in [5.74, 6) is 2.56. The van der Waals surface area contributed by atoms with Gasteiger partial charge in [-0.25, -0.2) is 4.98 Å². The van der Waals surface area contributed by atoms with Crippen molar-refractivity contribution in [1.29, 1.82) is 0 Å². The summed E-state index contributed by atoms with van der Waals surface area (Å²) in [6, 6.07) is 10.1. The third kappa shape index (κ3) is 6.04. The maximum Gasteiger partial charge on any atom is 0.229 e. The fourth-order valence-corrected chi connectivity index (χ4v) is 3.51. The number of rotatable bonds is 9. The lowest BCUT2D eigenvalue weighted by molar-refractivity contribution is -0.121. The van der Waals surface area contributed by atoms with Crippen LogP contribution in [0.2, 0.25) is 0 Å². The largest absolute Gasteiger partial charge is 0.354 e. The summed E-state index contributed by atoms with van der Waals surface area (Å²) in [4.78, 5) is 20.8. The van der Waals surface area contributed by atoms with Crippen LogP contribution in [0.1, 0.15) is 50.3 Å². The first-order valence-corrected chi connectivity index (χ1v) is 11.3. The number of benzene rings is 1. The van der Waals surface area contributed by atoms with Crippen molar-refractivity contribution in [3.05, 3.63) is 52.3 Å². The van der Waals surface area contributed by atoms with Gasteiger partial charge < -0.3 is 16.0 Å². The smallest absolute Gasteiger partial charge is 0.229 e. The molecule has 9 heteroatoms. The van der Waals surface area contributed by atoms with Crippen LogP contribution in [-0.2, 0) is 11.2 Å². The van der Waals surface area contributed by atoms with Crippen molar-refractivity contribution in [2.24, 2.45) is 0 Å². The molecule has 3 aromatic rings. The molecule has 1 aliphatic carbocycles. The highest BCUT2D eigenvalue weighted by Gasteiger charge is 2.26. The van der Waals surface area contributed by atoms with Gasteiger partial charge in [0.25, 0.3) is 0 Å².